The molecular weight excluding hydrogens is 317 g/mol. The highest BCUT2D eigenvalue weighted by Gasteiger charge is 2.66. The molecule has 1 aliphatic rings. The molecule has 0 aromatic heterocycles. The van der Waals surface area contributed by atoms with Crippen molar-refractivity contribution >= 4 is 16.1 Å². The minimum atomic E-state index is -6.40. The van der Waals surface area contributed by atoms with Gasteiger partial charge in [0.15, 0.2) is 0 Å². The Bertz CT molecular complexity index is 470. The Kier molecular flexibility index (Phi) is 4.61. The number of ether oxygens (including phenoxy) is 1. The van der Waals surface area contributed by atoms with Gasteiger partial charge in [-0.25, -0.2) is 0 Å². The average molecular weight is 327 g/mol. The predicted molar refractivity (Wildman–Crippen MR) is 53.4 cm³/mol. The van der Waals surface area contributed by atoms with Crippen molar-refractivity contribution in [1.29, 1.82) is 0 Å². The molecule has 0 aromatic carbocycles. The van der Waals surface area contributed by atoms with Crippen LogP contribution in [0.2, 0.25) is 0 Å². The Morgan fingerprint density at radius 3 is 2.20 bits per heavy atom. The summed E-state index contributed by atoms with van der Waals surface area (Å²) in [5.74, 6) is -2.70. The van der Waals surface area contributed by atoms with E-state index in [1.807, 2.05) is 0 Å². The Labute approximate surface area is 110 Å². The van der Waals surface area contributed by atoms with Gasteiger partial charge in [-0.3, -0.25) is 9.35 Å². The number of esters is 1. The Hall–Kier alpha value is -1.01. The zero-order valence-electron chi connectivity index (χ0n) is 9.65. The molecule has 1 aliphatic heterocycles. The van der Waals surface area contributed by atoms with Gasteiger partial charge in [-0.1, -0.05) is 0 Å². The fourth-order valence-electron chi connectivity index (χ4n) is 1.53. The number of rotatable bonds is 4. The minimum absolute atomic E-state index is 0.0686. The summed E-state index contributed by atoms with van der Waals surface area (Å²) in [5.41, 5.74) is 0. The van der Waals surface area contributed by atoms with Crippen LogP contribution < -0.4 is 5.32 Å². The van der Waals surface area contributed by atoms with Gasteiger partial charge in [-0.2, -0.15) is 30.4 Å². The van der Waals surface area contributed by atoms with E-state index >= 15 is 0 Å². The van der Waals surface area contributed by atoms with Crippen molar-refractivity contribution in [3.8, 4) is 0 Å². The maximum absolute atomic E-state index is 13.1. The highest BCUT2D eigenvalue weighted by Crippen LogP contribution is 2.38. The van der Waals surface area contributed by atoms with Gasteiger partial charge in [-0.15, -0.1) is 0 Å². The normalized spacial score (nSPS) is 22.6. The van der Waals surface area contributed by atoms with Crippen LogP contribution in [-0.2, 0) is 19.6 Å². The molecule has 12 heteroatoms. The van der Waals surface area contributed by atoms with Crippen LogP contribution in [-0.4, -0.2) is 49.6 Å². The van der Waals surface area contributed by atoms with Gasteiger partial charge in [0.25, 0.3) is 6.10 Å². The van der Waals surface area contributed by atoms with E-state index in [4.69, 9.17) is 4.55 Å². The molecule has 20 heavy (non-hydrogen) atoms. The Balaban J connectivity index is 3.00. The van der Waals surface area contributed by atoms with E-state index in [9.17, 15) is 35.2 Å². The molecular formula is C8H10F5NO5S. The lowest BCUT2D eigenvalue weighted by Crippen LogP contribution is -2.52. The van der Waals surface area contributed by atoms with Gasteiger partial charge in [0.2, 0.25) is 0 Å². The summed E-state index contributed by atoms with van der Waals surface area (Å²) in [6, 6.07) is 0. The first-order valence-electron chi connectivity index (χ1n) is 5.20. The summed E-state index contributed by atoms with van der Waals surface area (Å²) in [5, 5.41) is -3.09. The van der Waals surface area contributed by atoms with E-state index in [1.54, 1.807) is 0 Å². The van der Waals surface area contributed by atoms with Crippen molar-refractivity contribution in [3.63, 3.8) is 0 Å². The summed E-state index contributed by atoms with van der Waals surface area (Å²) >= 11 is 0. The number of halogens is 5. The molecule has 2 atom stereocenters. The van der Waals surface area contributed by atoms with Crippen LogP contribution in [0.5, 0.6) is 0 Å². The second-order valence-corrected chi connectivity index (χ2v) is 5.58. The topological polar surface area (TPSA) is 92.7 Å². The third-order valence-electron chi connectivity index (χ3n) is 2.57. The van der Waals surface area contributed by atoms with Crippen LogP contribution in [0.15, 0.2) is 0 Å². The molecule has 0 spiro atoms. The lowest BCUT2D eigenvalue weighted by Gasteiger charge is -2.26. The quantitative estimate of drug-likeness (QED) is 0.445. The number of carbonyl (C=O) groups excluding carboxylic acids is 1. The summed E-state index contributed by atoms with van der Waals surface area (Å²) in [6.07, 6.45) is -10.1. The number of hydrogen-bond acceptors (Lipinski definition) is 5. The molecule has 0 bridgehead atoms. The molecule has 2 N–H and O–H groups in total. The van der Waals surface area contributed by atoms with Gasteiger partial charge < -0.3 is 10.1 Å². The van der Waals surface area contributed by atoms with E-state index < -0.39 is 39.5 Å². The van der Waals surface area contributed by atoms with Crippen LogP contribution >= 0.6 is 0 Å². The highest BCUT2D eigenvalue weighted by atomic mass is 32.2. The van der Waals surface area contributed by atoms with Crippen LogP contribution in [0.4, 0.5) is 22.0 Å². The molecule has 118 valence electrons. The fourth-order valence-corrected chi connectivity index (χ4v) is 1.98. The van der Waals surface area contributed by atoms with Crippen molar-refractivity contribution in [1.82, 2.24) is 5.32 Å². The van der Waals surface area contributed by atoms with Gasteiger partial charge in [-0.05, 0) is 13.0 Å². The van der Waals surface area contributed by atoms with Crippen molar-refractivity contribution in [3.05, 3.63) is 0 Å². The molecule has 1 saturated heterocycles. The molecule has 1 rings (SSSR count). The lowest BCUT2D eigenvalue weighted by atomic mass is 10.1. The first kappa shape index (κ1) is 17.0. The molecule has 2 unspecified atom stereocenters. The number of hydrogen-bond donors (Lipinski definition) is 2. The molecule has 0 saturated carbocycles. The number of carbonyl (C=O) groups is 1. The Morgan fingerprint density at radius 2 is 1.85 bits per heavy atom. The zero-order chi connectivity index (χ0) is 15.8. The predicted octanol–water partition coefficient (Wildman–Crippen LogP) is 0.551. The van der Waals surface area contributed by atoms with Crippen LogP contribution in [0.3, 0.4) is 0 Å². The standard InChI is InChI=1S/C8H10F5NO5S/c9-7(10,11)6(8(12,13)20(16,17)18)19-5(15)4-1-2-14-3-4/h4,6,14H,1-3H2,(H,16,17,18). The molecule has 6 nitrogen and oxygen atoms in total. The van der Waals surface area contributed by atoms with Crippen LogP contribution in [0.25, 0.3) is 0 Å². The maximum atomic E-state index is 13.1. The molecule has 0 radical (unpaired) electrons. The summed E-state index contributed by atoms with van der Waals surface area (Å²) in [4.78, 5) is 11.3. The van der Waals surface area contributed by atoms with Crippen LogP contribution in [0.1, 0.15) is 6.42 Å². The van der Waals surface area contributed by atoms with E-state index in [2.05, 4.69) is 10.1 Å². The smallest absolute Gasteiger partial charge is 0.432 e. The third-order valence-corrected chi connectivity index (χ3v) is 3.48. The van der Waals surface area contributed by atoms with Crippen molar-refractivity contribution in [2.24, 2.45) is 5.92 Å². The second kappa shape index (κ2) is 5.41. The average Bonchev–Trinajstić information content (AvgIpc) is 2.75. The van der Waals surface area contributed by atoms with E-state index in [0.717, 1.165) is 0 Å². The summed E-state index contributed by atoms with van der Waals surface area (Å²) in [6.45, 7) is 0.214. The third kappa shape index (κ3) is 3.55. The zero-order valence-corrected chi connectivity index (χ0v) is 10.5. The summed E-state index contributed by atoms with van der Waals surface area (Å²) in [7, 11) is -6.40. The maximum Gasteiger partial charge on any atom is 0.432 e. The molecule has 0 aromatic rings. The monoisotopic (exact) mass is 327 g/mol. The second-order valence-electron chi connectivity index (χ2n) is 4.09. The highest BCUT2D eigenvalue weighted by molar-refractivity contribution is 7.86. The fraction of sp³-hybridized carbons (Fsp3) is 0.875. The van der Waals surface area contributed by atoms with Gasteiger partial charge in [0.1, 0.15) is 0 Å². The van der Waals surface area contributed by atoms with Crippen molar-refractivity contribution in [2.75, 3.05) is 13.1 Å². The SMILES string of the molecule is O=C(OC(C(F)(F)F)C(F)(F)S(=O)(=O)O)C1CCNC1. The minimum Gasteiger partial charge on any atom is -0.444 e. The largest absolute Gasteiger partial charge is 0.444 e. The molecule has 0 amide bonds. The lowest BCUT2D eigenvalue weighted by molar-refractivity contribution is -0.260. The van der Waals surface area contributed by atoms with Crippen LogP contribution in [0, 0.1) is 5.92 Å². The van der Waals surface area contributed by atoms with E-state index in [0.29, 0.717) is 0 Å². The first-order valence-corrected chi connectivity index (χ1v) is 6.64. The van der Waals surface area contributed by atoms with Crippen molar-refractivity contribution in [2.45, 2.75) is 24.0 Å². The van der Waals surface area contributed by atoms with Gasteiger partial charge in [0, 0.05) is 6.54 Å². The molecule has 0 aliphatic carbocycles. The van der Waals surface area contributed by atoms with Gasteiger partial charge >= 0.3 is 27.5 Å². The number of alkyl halides is 5. The summed E-state index contributed by atoms with van der Waals surface area (Å²) < 4.78 is 96.0. The van der Waals surface area contributed by atoms with E-state index in [-0.39, 0.29) is 19.5 Å². The molecule has 1 heterocycles. The number of nitrogens with one attached hydrogen (secondary N) is 1. The van der Waals surface area contributed by atoms with E-state index in [1.165, 1.54) is 0 Å². The Morgan fingerprint density at radius 1 is 1.30 bits per heavy atom. The molecule has 1 fully saturated rings. The van der Waals surface area contributed by atoms with Crippen molar-refractivity contribution < 1.29 is 44.5 Å². The first-order chi connectivity index (χ1) is 8.87. The van der Waals surface area contributed by atoms with Gasteiger partial charge in [0.05, 0.1) is 5.92 Å².